The average Bonchev–Trinajstić information content (AvgIpc) is 2.24. The van der Waals surface area contributed by atoms with Crippen molar-refractivity contribution in [1.82, 2.24) is 10.3 Å². The summed E-state index contributed by atoms with van der Waals surface area (Å²) >= 11 is 0. The summed E-state index contributed by atoms with van der Waals surface area (Å²) in [5.41, 5.74) is 0.117. The second-order valence-electron chi connectivity index (χ2n) is 3.67. The van der Waals surface area contributed by atoms with Crippen molar-refractivity contribution in [2.45, 2.75) is 26.3 Å². The first-order chi connectivity index (χ1) is 7.95. The third kappa shape index (κ3) is 3.17. The molecule has 0 bridgehead atoms. The number of carboxylic acid groups (broad SMARTS) is 1. The Kier molecular flexibility index (Phi) is 4.03. The number of carbonyl (C=O) groups excluding carboxylic acids is 1. The fraction of sp³-hybridized carbons (Fsp3) is 0.364. The van der Waals surface area contributed by atoms with Gasteiger partial charge in [0.25, 0.3) is 5.91 Å². The molecule has 1 aromatic heterocycles. The maximum Gasteiger partial charge on any atom is 0.326 e. The van der Waals surface area contributed by atoms with E-state index in [4.69, 9.17) is 5.11 Å². The smallest absolute Gasteiger partial charge is 0.326 e. The van der Waals surface area contributed by atoms with E-state index in [0.29, 0.717) is 5.69 Å². The first kappa shape index (κ1) is 13.0. The van der Waals surface area contributed by atoms with Crippen molar-refractivity contribution in [3.8, 4) is 0 Å². The number of amides is 1. The van der Waals surface area contributed by atoms with E-state index in [9.17, 15) is 14.4 Å². The summed E-state index contributed by atoms with van der Waals surface area (Å²) in [7, 11) is 0. The van der Waals surface area contributed by atoms with Crippen molar-refractivity contribution in [2.24, 2.45) is 0 Å². The molecule has 3 N–H and O–H groups in total. The van der Waals surface area contributed by atoms with Crippen LogP contribution in [0.5, 0.6) is 0 Å². The summed E-state index contributed by atoms with van der Waals surface area (Å²) in [6, 6.07) is 0.305. The zero-order valence-electron chi connectivity index (χ0n) is 9.61. The van der Waals surface area contributed by atoms with E-state index in [-0.39, 0.29) is 12.0 Å². The second kappa shape index (κ2) is 5.29. The third-order valence-electron chi connectivity index (χ3n) is 2.31. The number of H-pyrrole nitrogens is 1. The number of rotatable bonds is 4. The zero-order valence-corrected chi connectivity index (χ0v) is 9.61. The molecule has 0 aliphatic heterocycles. The molecule has 1 amide bonds. The second-order valence-corrected chi connectivity index (χ2v) is 3.67. The lowest BCUT2D eigenvalue weighted by molar-refractivity contribution is -0.139. The molecule has 92 valence electrons. The van der Waals surface area contributed by atoms with Crippen LogP contribution in [0.1, 0.15) is 29.4 Å². The highest BCUT2D eigenvalue weighted by atomic mass is 16.4. The Bertz CT molecular complexity index is 492. The van der Waals surface area contributed by atoms with Gasteiger partial charge in [0.05, 0.1) is 0 Å². The molecule has 0 saturated heterocycles. The zero-order chi connectivity index (χ0) is 13.0. The summed E-state index contributed by atoms with van der Waals surface area (Å²) in [4.78, 5) is 36.6. The molecule has 0 aliphatic carbocycles. The summed E-state index contributed by atoms with van der Waals surface area (Å²) in [6.07, 6.45) is 1.53. The molecular weight excluding hydrogens is 224 g/mol. The SMILES string of the molecule is CC[C@@H](NC(=O)c1c[nH]c(C)cc1=O)C(=O)O. The monoisotopic (exact) mass is 238 g/mol. The largest absolute Gasteiger partial charge is 0.480 e. The van der Waals surface area contributed by atoms with E-state index in [1.165, 1.54) is 12.3 Å². The molecular formula is C11H14N2O4. The van der Waals surface area contributed by atoms with Gasteiger partial charge in [0.15, 0.2) is 5.43 Å². The third-order valence-corrected chi connectivity index (χ3v) is 2.31. The lowest BCUT2D eigenvalue weighted by atomic mass is 10.2. The number of pyridine rings is 1. The molecule has 1 atom stereocenters. The summed E-state index contributed by atoms with van der Waals surface area (Å²) in [6.45, 7) is 3.33. The quantitative estimate of drug-likeness (QED) is 0.701. The first-order valence-corrected chi connectivity index (χ1v) is 5.18. The number of carbonyl (C=O) groups is 2. The van der Waals surface area contributed by atoms with Crippen LogP contribution < -0.4 is 10.7 Å². The molecule has 0 radical (unpaired) electrons. The first-order valence-electron chi connectivity index (χ1n) is 5.18. The minimum atomic E-state index is -1.12. The summed E-state index contributed by atoms with van der Waals surface area (Å²) < 4.78 is 0. The van der Waals surface area contributed by atoms with Gasteiger partial charge in [0, 0.05) is 18.0 Å². The Morgan fingerprint density at radius 1 is 1.53 bits per heavy atom. The van der Waals surface area contributed by atoms with E-state index in [1.54, 1.807) is 13.8 Å². The van der Waals surface area contributed by atoms with Crippen LogP contribution in [-0.2, 0) is 4.79 Å². The Morgan fingerprint density at radius 3 is 2.65 bits per heavy atom. The molecule has 0 unspecified atom stereocenters. The minimum absolute atomic E-state index is 0.0877. The van der Waals surface area contributed by atoms with Gasteiger partial charge >= 0.3 is 5.97 Å². The molecule has 6 nitrogen and oxygen atoms in total. The minimum Gasteiger partial charge on any atom is -0.480 e. The van der Waals surface area contributed by atoms with Gasteiger partial charge in [-0.15, -0.1) is 0 Å². The molecule has 0 saturated carbocycles. The number of aliphatic carboxylic acids is 1. The highest BCUT2D eigenvalue weighted by Crippen LogP contribution is 1.96. The Hall–Kier alpha value is -2.11. The number of nitrogens with one attached hydrogen (secondary N) is 2. The van der Waals surface area contributed by atoms with Crippen LogP contribution in [0, 0.1) is 6.92 Å². The van der Waals surface area contributed by atoms with Crippen LogP contribution in [-0.4, -0.2) is 28.0 Å². The van der Waals surface area contributed by atoms with Crippen LogP contribution in [0.3, 0.4) is 0 Å². The number of carboxylic acids is 1. The Labute approximate surface area is 97.7 Å². The molecule has 1 aromatic rings. The molecule has 6 heteroatoms. The van der Waals surface area contributed by atoms with Crippen molar-refractivity contribution < 1.29 is 14.7 Å². The summed E-state index contributed by atoms with van der Waals surface area (Å²) in [5.74, 6) is -1.80. The number of aromatic amines is 1. The van der Waals surface area contributed by atoms with E-state index in [1.807, 2.05) is 0 Å². The van der Waals surface area contributed by atoms with Gasteiger partial charge in [0.1, 0.15) is 11.6 Å². The highest BCUT2D eigenvalue weighted by molar-refractivity contribution is 5.96. The molecule has 1 rings (SSSR count). The van der Waals surface area contributed by atoms with Crippen molar-refractivity contribution in [3.63, 3.8) is 0 Å². The lowest BCUT2D eigenvalue weighted by Gasteiger charge is -2.11. The lowest BCUT2D eigenvalue weighted by Crippen LogP contribution is -2.41. The van der Waals surface area contributed by atoms with Crippen LogP contribution in [0.4, 0.5) is 0 Å². The van der Waals surface area contributed by atoms with E-state index < -0.39 is 23.3 Å². The van der Waals surface area contributed by atoms with Gasteiger partial charge in [-0.3, -0.25) is 9.59 Å². The standard InChI is InChI=1S/C11H14N2O4/c1-3-8(11(16)17)13-10(15)7-5-12-6(2)4-9(7)14/h4-5,8H,3H2,1-2H3,(H,12,14)(H,13,15)(H,16,17)/t8-/m1/s1. The Morgan fingerprint density at radius 2 is 2.18 bits per heavy atom. The molecule has 0 aliphatic rings. The molecule has 0 fully saturated rings. The normalized spacial score (nSPS) is 11.9. The van der Waals surface area contributed by atoms with Gasteiger partial charge in [-0.05, 0) is 13.3 Å². The fourth-order valence-corrected chi connectivity index (χ4v) is 1.33. The van der Waals surface area contributed by atoms with Crippen molar-refractivity contribution in [3.05, 3.63) is 33.7 Å². The van der Waals surface area contributed by atoms with Crippen molar-refractivity contribution in [1.29, 1.82) is 0 Å². The van der Waals surface area contributed by atoms with E-state index in [0.717, 1.165) is 0 Å². The summed E-state index contributed by atoms with van der Waals surface area (Å²) in [5, 5.41) is 11.1. The molecule has 0 aromatic carbocycles. The highest BCUT2D eigenvalue weighted by Gasteiger charge is 2.19. The maximum absolute atomic E-state index is 11.7. The van der Waals surface area contributed by atoms with Gasteiger partial charge in [-0.25, -0.2) is 4.79 Å². The molecule has 0 spiro atoms. The number of hydrogen-bond donors (Lipinski definition) is 3. The Balaban J connectivity index is 2.90. The van der Waals surface area contributed by atoms with Gasteiger partial charge in [-0.1, -0.05) is 6.92 Å². The van der Waals surface area contributed by atoms with Crippen molar-refractivity contribution >= 4 is 11.9 Å². The van der Waals surface area contributed by atoms with Gasteiger partial charge in [-0.2, -0.15) is 0 Å². The van der Waals surface area contributed by atoms with Crippen LogP contribution >= 0.6 is 0 Å². The average molecular weight is 238 g/mol. The molecule has 1 heterocycles. The topological polar surface area (TPSA) is 99.3 Å². The number of hydrogen-bond acceptors (Lipinski definition) is 3. The predicted molar refractivity (Wildman–Crippen MR) is 61.0 cm³/mol. The predicted octanol–water partition coefficient (Wildman–Crippen LogP) is 0.276. The van der Waals surface area contributed by atoms with Crippen LogP contribution in [0.25, 0.3) is 0 Å². The van der Waals surface area contributed by atoms with Gasteiger partial charge < -0.3 is 15.4 Å². The number of aromatic nitrogens is 1. The maximum atomic E-state index is 11.7. The van der Waals surface area contributed by atoms with Crippen LogP contribution in [0.2, 0.25) is 0 Å². The van der Waals surface area contributed by atoms with Crippen LogP contribution in [0.15, 0.2) is 17.1 Å². The molecule has 17 heavy (non-hydrogen) atoms. The van der Waals surface area contributed by atoms with E-state index >= 15 is 0 Å². The van der Waals surface area contributed by atoms with Crippen molar-refractivity contribution in [2.75, 3.05) is 0 Å². The van der Waals surface area contributed by atoms with E-state index in [2.05, 4.69) is 10.3 Å². The van der Waals surface area contributed by atoms with Gasteiger partial charge in [0.2, 0.25) is 0 Å². The number of aryl methyl sites for hydroxylation is 1. The fourth-order valence-electron chi connectivity index (χ4n) is 1.33.